The van der Waals surface area contributed by atoms with Crippen molar-refractivity contribution < 1.29 is 19.1 Å². The van der Waals surface area contributed by atoms with E-state index in [1.807, 2.05) is 66.7 Å². The van der Waals surface area contributed by atoms with Gasteiger partial charge in [-0.3, -0.25) is 19.5 Å². The number of aliphatic imine (C=N–C) groups is 1. The molecule has 1 atom stereocenters. The Morgan fingerprint density at radius 3 is 2.56 bits per heavy atom. The molecule has 1 N–H and O–H groups in total. The van der Waals surface area contributed by atoms with Gasteiger partial charge in [0.05, 0.1) is 32.1 Å². The number of amides is 2. The Morgan fingerprint density at radius 2 is 1.83 bits per heavy atom. The molecule has 1 aliphatic heterocycles. The van der Waals surface area contributed by atoms with Crippen molar-refractivity contribution in [2.75, 3.05) is 20.8 Å². The number of para-hydroxylation sites is 1. The van der Waals surface area contributed by atoms with Gasteiger partial charge in [-0.05, 0) is 48.4 Å². The third kappa shape index (κ3) is 6.42. The van der Waals surface area contributed by atoms with E-state index in [1.165, 1.54) is 11.8 Å². The first-order valence-electron chi connectivity index (χ1n) is 11.6. The van der Waals surface area contributed by atoms with E-state index in [-0.39, 0.29) is 18.2 Å². The van der Waals surface area contributed by atoms with E-state index in [4.69, 9.17) is 9.47 Å². The predicted octanol–water partition coefficient (Wildman–Crippen LogP) is 3.98. The monoisotopic (exact) mass is 504 g/mol. The molecule has 1 unspecified atom stereocenters. The van der Waals surface area contributed by atoms with Gasteiger partial charge in [0.15, 0.2) is 16.7 Å². The van der Waals surface area contributed by atoms with Crippen LogP contribution in [0.1, 0.15) is 17.7 Å². The van der Waals surface area contributed by atoms with Gasteiger partial charge in [-0.25, -0.2) is 4.99 Å². The summed E-state index contributed by atoms with van der Waals surface area (Å²) in [5.41, 5.74) is 2.52. The summed E-state index contributed by atoms with van der Waals surface area (Å²) >= 11 is 1.32. The van der Waals surface area contributed by atoms with Gasteiger partial charge >= 0.3 is 0 Å². The lowest BCUT2D eigenvalue weighted by Gasteiger charge is -2.16. The number of rotatable bonds is 10. The lowest BCUT2D eigenvalue weighted by Crippen LogP contribution is -2.35. The zero-order chi connectivity index (χ0) is 25.3. The van der Waals surface area contributed by atoms with E-state index in [1.54, 1.807) is 25.3 Å². The van der Waals surface area contributed by atoms with Crippen LogP contribution in [0.15, 0.2) is 77.9 Å². The molecule has 3 aromatic rings. The molecule has 0 radical (unpaired) electrons. The average molecular weight is 505 g/mol. The number of nitrogens with zero attached hydrogens (tertiary/aromatic N) is 3. The molecule has 0 aliphatic carbocycles. The molecule has 1 aromatic heterocycles. The number of carbonyl (C=O) groups excluding carboxylic acids is 2. The Hall–Kier alpha value is -3.85. The van der Waals surface area contributed by atoms with Gasteiger partial charge in [0.1, 0.15) is 5.25 Å². The number of hydrogen-bond acceptors (Lipinski definition) is 7. The van der Waals surface area contributed by atoms with Crippen LogP contribution in [0.3, 0.4) is 0 Å². The Morgan fingerprint density at radius 1 is 1.06 bits per heavy atom. The van der Waals surface area contributed by atoms with E-state index in [0.29, 0.717) is 36.2 Å². The largest absolute Gasteiger partial charge is 0.493 e. The summed E-state index contributed by atoms with van der Waals surface area (Å²) in [4.78, 5) is 36.6. The zero-order valence-electron chi connectivity index (χ0n) is 20.2. The molecule has 2 heterocycles. The second-order valence-electron chi connectivity index (χ2n) is 8.08. The number of ether oxygens (including phenoxy) is 2. The van der Waals surface area contributed by atoms with Crippen LogP contribution in [0.5, 0.6) is 11.5 Å². The molecular weight excluding hydrogens is 476 g/mol. The van der Waals surface area contributed by atoms with E-state index >= 15 is 0 Å². The molecule has 0 spiro atoms. The van der Waals surface area contributed by atoms with Crippen LogP contribution >= 0.6 is 11.8 Å². The molecule has 0 saturated carbocycles. The molecule has 2 aromatic carbocycles. The summed E-state index contributed by atoms with van der Waals surface area (Å²) < 4.78 is 10.6. The molecule has 2 amide bonds. The number of benzene rings is 2. The van der Waals surface area contributed by atoms with Crippen LogP contribution in [0.4, 0.5) is 5.69 Å². The number of hydrogen-bond donors (Lipinski definition) is 1. The molecule has 186 valence electrons. The van der Waals surface area contributed by atoms with Crippen molar-refractivity contribution in [1.82, 2.24) is 15.2 Å². The predicted molar refractivity (Wildman–Crippen MR) is 141 cm³/mol. The smallest absolute Gasteiger partial charge is 0.243 e. The van der Waals surface area contributed by atoms with Crippen molar-refractivity contribution in [1.29, 1.82) is 0 Å². The molecule has 1 aliphatic rings. The molecule has 4 rings (SSSR count). The van der Waals surface area contributed by atoms with E-state index in [9.17, 15) is 9.59 Å². The maximum absolute atomic E-state index is 13.3. The Bertz CT molecular complexity index is 1220. The average Bonchev–Trinajstić information content (AvgIpc) is 3.18. The number of nitrogens with one attached hydrogen (secondary N) is 1. The highest BCUT2D eigenvalue weighted by Gasteiger charge is 2.39. The maximum atomic E-state index is 13.3. The first kappa shape index (κ1) is 25.2. The molecule has 8 nitrogen and oxygen atoms in total. The molecule has 9 heteroatoms. The molecule has 1 fully saturated rings. The SMILES string of the molecule is COc1ccc(CCNC(=O)CC2SC(=Nc3ccccc3)N(Cc3ccccn3)C2=O)cc1OC. The van der Waals surface area contributed by atoms with Gasteiger partial charge in [0.2, 0.25) is 11.8 Å². The van der Waals surface area contributed by atoms with Crippen molar-refractivity contribution in [3.05, 3.63) is 84.2 Å². The van der Waals surface area contributed by atoms with Gasteiger partial charge in [0.25, 0.3) is 0 Å². The number of amidine groups is 1. The van der Waals surface area contributed by atoms with Gasteiger partial charge in [-0.2, -0.15) is 0 Å². The van der Waals surface area contributed by atoms with Crippen LogP contribution < -0.4 is 14.8 Å². The Balaban J connectivity index is 1.39. The van der Waals surface area contributed by atoms with Crippen molar-refractivity contribution in [3.63, 3.8) is 0 Å². The van der Waals surface area contributed by atoms with Gasteiger partial charge in [0, 0.05) is 19.2 Å². The Labute approximate surface area is 214 Å². The van der Waals surface area contributed by atoms with Gasteiger partial charge in [-0.1, -0.05) is 42.1 Å². The van der Waals surface area contributed by atoms with Gasteiger partial charge < -0.3 is 14.8 Å². The third-order valence-electron chi connectivity index (χ3n) is 5.60. The van der Waals surface area contributed by atoms with Crippen LogP contribution in [0.2, 0.25) is 0 Å². The van der Waals surface area contributed by atoms with Crippen LogP contribution in [0.25, 0.3) is 0 Å². The highest BCUT2D eigenvalue weighted by Crippen LogP contribution is 2.32. The summed E-state index contributed by atoms with van der Waals surface area (Å²) in [5.74, 6) is 0.980. The minimum atomic E-state index is -0.544. The lowest BCUT2D eigenvalue weighted by atomic mass is 10.1. The highest BCUT2D eigenvalue weighted by atomic mass is 32.2. The summed E-state index contributed by atoms with van der Waals surface area (Å²) in [5, 5.41) is 2.95. The highest BCUT2D eigenvalue weighted by molar-refractivity contribution is 8.15. The van der Waals surface area contributed by atoms with Crippen LogP contribution in [0, 0.1) is 0 Å². The molecule has 1 saturated heterocycles. The standard InChI is InChI=1S/C27H28N4O4S/c1-34-22-12-11-19(16-23(22)35-2)13-15-29-25(32)17-24-26(33)31(18-21-10-6-7-14-28-21)27(36-24)30-20-8-4-3-5-9-20/h3-12,14,16,24H,13,15,17-18H2,1-2H3,(H,29,32). The van der Waals surface area contributed by atoms with E-state index in [0.717, 1.165) is 16.9 Å². The summed E-state index contributed by atoms with van der Waals surface area (Å²) in [6.45, 7) is 0.748. The van der Waals surface area contributed by atoms with Crippen LogP contribution in [-0.4, -0.2) is 52.9 Å². The minimum absolute atomic E-state index is 0.0714. The third-order valence-corrected chi connectivity index (χ3v) is 6.78. The lowest BCUT2D eigenvalue weighted by molar-refractivity contribution is -0.129. The first-order chi connectivity index (χ1) is 17.6. The van der Waals surface area contributed by atoms with E-state index < -0.39 is 5.25 Å². The molecular formula is C27H28N4O4S. The molecule has 0 bridgehead atoms. The van der Waals surface area contributed by atoms with Crippen LogP contribution in [-0.2, 0) is 22.6 Å². The minimum Gasteiger partial charge on any atom is -0.493 e. The number of pyridine rings is 1. The zero-order valence-corrected chi connectivity index (χ0v) is 21.0. The number of thioether (sulfide) groups is 1. The summed E-state index contributed by atoms with van der Waals surface area (Å²) in [6.07, 6.45) is 2.40. The summed E-state index contributed by atoms with van der Waals surface area (Å²) in [6, 6.07) is 20.7. The Kier molecular flexibility index (Phi) is 8.57. The number of aromatic nitrogens is 1. The first-order valence-corrected chi connectivity index (χ1v) is 12.4. The van der Waals surface area contributed by atoms with Crippen molar-refractivity contribution in [3.8, 4) is 11.5 Å². The fourth-order valence-electron chi connectivity index (χ4n) is 3.76. The van der Waals surface area contributed by atoms with Crippen molar-refractivity contribution in [2.45, 2.75) is 24.6 Å². The fourth-order valence-corrected chi connectivity index (χ4v) is 4.92. The number of methoxy groups -OCH3 is 2. The topological polar surface area (TPSA) is 93.1 Å². The number of carbonyl (C=O) groups is 2. The summed E-state index contributed by atoms with van der Waals surface area (Å²) in [7, 11) is 3.18. The second-order valence-corrected chi connectivity index (χ2v) is 9.25. The maximum Gasteiger partial charge on any atom is 0.243 e. The van der Waals surface area contributed by atoms with Gasteiger partial charge in [-0.15, -0.1) is 0 Å². The fraction of sp³-hybridized carbons (Fsp3) is 0.259. The normalized spacial score (nSPS) is 16.3. The molecule has 36 heavy (non-hydrogen) atoms. The quantitative estimate of drug-likeness (QED) is 0.449. The second kappa shape index (κ2) is 12.2. The van der Waals surface area contributed by atoms with Crippen molar-refractivity contribution >= 4 is 34.4 Å². The van der Waals surface area contributed by atoms with E-state index in [2.05, 4.69) is 15.3 Å². The van der Waals surface area contributed by atoms with Crippen molar-refractivity contribution in [2.24, 2.45) is 4.99 Å².